The minimum atomic E-state index is -1.86. The third-order valence-corrected chi connectivity index (χ3v) is 21.1. The standard InChI is InChI=1S/C62H62N14O17S5/c1-9-76(7)48-26(5)92-38(14-62(48,6)87)93-47-46-45-59-71-34(21-98-59)51(81)66-31(17-91-60(85)43-29(16-89-46)39-27(15-90-61(47)86)11-10-12-30(39)65-43)56-67-32(18-95-56)42-28(13-37(78)44(72-42)58-70-33(20-97-58)50(80)64-23(2)49(63)79)55-68-35(19-94-55)52(82)73-40(24(3)77)54(84)74-41(25(4)88-8)57-69-36(22-96-57)53(83)75-45/h10-13,18-22,24,26,31,38,40,45-48,65,77-78,87H,2,9,14-17H2,1,3-8H3,(H2,63,79)(H,64,80)(H,66,81)(H,73,82)(H,74,84)(H,75,83)/t24-,26+,31+,38+,40+,45+,46?,47+,48-,62+/m1/s1. The number of aromatic nitrogens is 7. The van der Waals surface area contributed by atoms with Crippen molar-refractivity contribution in [2.45, 2.75) is 115 Å². The maximum Gasteiger partial charge on any atom is 0.355 e. The summed E-state index contributed by atoms with van der Waals surface area (Å²) in [6.07, 6.45) is -7.29. The number of aromatic hydroxyl groups is 1. The number of allylic oxidation sites excluding steroid dienone is 1. The molecule has 0 saturated carbocycles. The molecule has 0 aliphatic carbocycles. The number of pyridine rings is 1. The molecule has 7 aromatic heterocycles. The lowest BCUT2D eigenvalue weighted by molar-refractivity contribution is -0.281. The number of nitrogens with zero attached hydrogens (tertiary/aromatic N) is 7. The number of hydrogen-bond acceptors (Lipinski definition) is 29. The van der Waals surface area contributed by atoms with Crippen molar-refractivity contribution in [3.63, 3.8) is 0 Å². The zero-order chi connectivity index (χ0) is 69.8. The molecular weight excluding hydrogens is 1370 g/mol. The van der Waals surface area contributed by atoms with Crippen molar-refractivity contribution in [3.8, 4) is 38.4 Å². The first-order chi connectivity index (χ1) is 46.8. The molecule has 1 aromatic carbocycles. The summed E-state index contributed by atoms with van der Waals surface area (Å²) in [6.45, 7) is 10.6. The number of esters is 2. The normalized spacial score (nSPS) is 24.0. The zero-order valence-electron chi connectivity index (χ0n) is 52.9. The van der Waals surface area contributed by atoms with E-state index in [9.17, 15) is 44.1 Å². The van der Waals surface area contributed by atoms with Crippen LogP contribution in [0.5, 0.6) is 5.75 Å². The van der Waals surface area contributed by atoms with E-state index in [4.69, 9.17) is 49.1 Å². The number of rotatable bonds is 10. The van der Waals surface area contributed by atoms with Crippen LogP contribution in [0.15, 0.2) is 69.2 Å². The Kier molecular flexibility index (Phi) is 19.5. The van der Waals surface area contributed by atoms with Gasteiger partial charge in [0, 0.05) is 55.4 Å². The van der Waals surface area contributed by atoms with Gasteiger partial charge in [0.2, 0.25) is 5.91 Å². The first kappa shape index (κ1) is 68.6. The lowest BCUT2D eigenvalue weighted by Gasteiger charge is -2.48. The van der Waals surface area contributed by atoms with Gasteiger partial charge in [0.15, 0.2) is 12.4 Å². The fourth-order valence-corrected chi connectivity index (χ4v) is 15.9. The van der Waals surface area contributed by atoms with Gasteiger partial charge in [-0.05, 0) is 59.0 Å². The molecule has 6 amide bonds. The Morgan fingerprint density at radius 2 is 1.54 bits per heavy atom. The van der Waals surface area contributed by atoms with E-state index >= 15 is 9.59 Å². The number of fused-ring (bicyclic) bond motifs is 15. The van der Waals surface area contributed by atoms with Crippen molar-refractivity contribution >= 4 is 121 Å². The number of aliphatic hydroxyl groups excluding tert-OH is 1. The first-order valence-corrected chi connectivity index (χ1v) is 34.5. The highest BCUT2D eigenvalue weighted by Gasteiger charge is 2.50. The number of aromatic amines is 1. The fraction of sp³-hybridized carbons (Fsp3) is 0.355. The van der Waals surface area contributed by atoms with E-state index in [-0.39, 0.29) is 106 Å². The number of benzene rings is 1. The number of H-pyrrole nitrogens is 1. The second-order valence-corrected chi connectivity index (χ2v) is 27.7. The molecule has 1 saturated heterocycles. The van der Waals surface area contributed by atoms with Crippen molar-refractivity contribution in [1.29, 1.82) is 0 Å². The molecule has 11 N–H and O–H groups in total. The number of carbonyl (C=O) groups excluding carboxylic acids is 8. The average molecular weight is 1440 g/mol. The molecule has 1 unspecified atom stereocenters. The van der Waals surface area contributed by atoms with Crippen LogP contribution < -0.4 is 32.3 Å². The highest BCUT2D eigenvalue weighted by atomic mass is 32.1. The predicted molar refractivity (Wildman–Crippen MR) is 354 cm³/mol. The Labute approximate surface area is 575 Å². The van der Waals surface area contributed by atoms with Gasteiger partial charge in [-0.3, -0.25) is 33.7 Å². The van der Waals surface area contributed by atoms with Gasteiger partial charge in [0.25, 0.3) is 29.5 Å². The number of nitrogens with one attached hydrogen (secondary N) is 6. The Morgan fingerprint density at radius 1 is 0.867 bits per heavy atom. The summed E-state index contributed by atoms with van der Waals surface area (Å²) in [7, 11) is 3.15. The molecule has 512 valence electrons. The molecule has 31 nitrogen and oxygen atoms in total. The quantitative estimate of drug-likeness (QED) is 0.0509. The van der Waals surface area contributed by atoms with E-state index in [0.29, 0.717) is 23.0 Å². The molecule has 0 radical (unpaired) electrons. The van der Waals surface area contributed by atoms with Gasteiger partial charge >= 0.3 is 11.9 Å². The summed E-state index contributed by atoms with van der Waals surface area (Å²) in [6, 6.07) is 1.27. The Hall–Kier alpha value is -9.34. The molecule has 4 aliphatic heterocycles. The highest BCUT2D eigenvalue weighted by molar-refractivity contribution is 7.14. The number of carbonyl (C=O) groups is 8. The van der Waals surface area contributed by atoms with Gasteiger partial charge in [-0.25, -0.2) is 39.5 Å². The van der Waals surface area contributed by atoms with Crippen LogP contribution in [-0.4, -0.2) is 178 Å². The third-order valence-electron chi connectivity index (χ3n) is 16.6. The third kappa shape index (κ3) is 13.7. The molecule has 12 rings (SSSR count). The van der Waals surface area contributed by atoms with Gasteiger partial charge < -0.3 is 81.0 Å². The lowest BCUT2D eigenvalue weighted by atomic mass is 9.85. The van der Waals surface area contributed by atoms with Crippen LogP contribution in [0, 0.1) is 0 Å². The van der Waals surface area contributed by atoms with E-state index in [1.54, 1.807) is 37.4 Å². The van der Waals surface area contributed by atoms with Gasteiger partial charge in [-0.1, -0.05) is 25.6 Å². The summed E-state index contributed by atoms with van der Waals surface area (Å²) in [5.74, 6) is -7.83. The van der Waals surface area contributed by atoms with Crippen molar-refractivity contribution in [2.75, 3.05) is 27.3 Å². The Balaban J connectivity index is 1.03. The minimum Gasteiger partial charge on any atom is -0.506 e. The second kappa shape index (κ2) is 27.9. The lowest BCUT2D eigenvalue weighted by Crippen LogP contribution is -2.62. The molecule has 4 aliphatic rings. The van der Waals surface area contributed by atoms with Gasteiger partial charge in [0.1, 0.15) is 125 Å². The van der Waals surface area contributed by atoms with Crippen LogP contribution in [-0.2, 0) is 56.0 Å². The number of thiazole rings is 5. The van der Waals surface area contributed by atoms with Crippen LogP contribution in [0.25, 0.3) is 49.3 Å². The topological polar surface area (TPSA) is 435 Å². The van der Waals surface area contributed by atoms with Crippen molar-refractivity contribution < 1.29 is 82.1 Å². The Bertz CT molecular complexity index is 4570. The number of aliphatic hydroxyl groups is 2. The average Bonchev–Trinajstić information content (AvgIpc) is 1.41. The van der Waals surface area contributed by atoms with E-state index in [2.05, 4.69) is 53.1 Å². The minimum absolute atomic E-state index is 0.00173. The van der Waals surface area contributed by atoms with Crippen LogP contribution >= 0.6 is 56.7 Å². The van der Waals surface area contributed by atoms with Crippen LogP contribution in [0.2, 0.25) is 0 Å². The molecule has 10 atom stereocenters. The predicted octanol–water partition coefficient (Wildman–Crippen LogP) is 4.57. The molecule has 98 heavy (non-hydrogen) atoms. The van der Waals surface area contributed by atoms with Crippen molar-refractivity contribution in [2.24, 2.45) is 5.73 Å². The summed E-state index contributed by atoms with van der Waals surface area (Å²) in [5.41, 5.74) is 3.36. The zero-order valence-corrected chi connectivity index (χ0v) is 57.0. The molecule has 1 fully saturated rings. The maximum absolute atomic E-state index is 15.2. The van der Waals surface area contributed by atoms with E-state index in [1.807, 2.05) is 18.9 Å². The number of methoxy groups -OCH3 is 1. The first-order valence-electron chi connectivity index (χ1n) is 30.1. The van der Waals surface area contributed by atoms with Crippen LogP contribution in [0.3, 0.4) is 0 Å². The number of primary amides is 1. The van der Waals surface area contributed by atoms with Crippen LogP contribution in [0.4, 0.5) is 0 Å². The second-order valence-electron chi connectivity index (χ2n) is 23.3. The molecule has 12 bridgehead atoms. The number of ether oxygens (including phenoxy) is 6. The summed E-state index contributed by atoms with van der Waals surface area (Å²) in [5, 5.41) is 56.0. The van der Waals surface area contributed by atoms with E-state index in [1.165, 1.54) is 48.5 Å². The van der Waals surface area contributed by atoms with Crippen molar-refractivity contribution in [1.82, 2.24) is 66.4 Å². The van der Waals surface area contributed by atoms with Gasteiger partial charge in [-0.15, -0.1) is 56.7 Å². The monoisotopic (exact) mass is 1430 g/mol. The SMILES string of the molecule is C=C(NC(=O)c1csc(-c2nc3c(cc2O)-c2nc(cs2)C(=O)N[C@@H]([C@@H](C)O)C(=O)NC(=C(C)OC)c2nc(cs2)C(=O)N[C@@H]2c4nc(cs4)C(=O)N[C@@H](COC(=O)c4[nH]c5cccc6c5c4COC2[C@H](O[C@H]2C[C@](C)(O)[C@H](N(C)CC)[C@H](C)O2)C(=O)OC6)c2nc-3cs2)n1)C(N)=O. The Morgan fingerprint density at radius 3 is 2.27 bits per heavy atom. The van der Waals surface area contributed by atoms with Gasteiger partial charge in [0.05, 0.1) is 43.3 Å². The summed E-state index contributed by atoms with van der Waals surface area (Å²) < 4.78 is 37.9. The smallest absolute Gasteiger partial charge is 0.355 e. The summed E-state index contributed by atoms with van der Waals surface area (Å²) >= 11 is 4.60. The molecule has 11 heterocycles. The molecular formula is C62H62N14O17S5. The van der Waals surface area contributed by atoms with E-state index in [0.717, 1.165) is 56.7 Å². The summed E-state index contributed by atoms with van der Waals surface area (Å²) in [4.78, 5) is 147. The number of cyclic esters (lactones) is 2. The van der Waals surface area contributed by atoms with Crippen molar-refractivity contribution in [3.05, 3.63) is 124 Å². The number of nitrogens with two attached hydrogens (primary N) is 1. The largest absolute Gasteiger partial charge is 0.506 e. The van der Waals surface area contributed by atoms with E-state index < -0.39 is 133 Å². The van der Waals surface area contributed by atoms with Gasteiger partial charge in [-0.2, -0.15) is 0 Å². The number of likely N-dealkylation sites (N-methyl/N-ethyl adjacent to an activating group) is 1. The molecule has 0 spiro atoms. The maximum atomic E-state index is 15.2. The van der Waals surface area contributed by atoms with Crippen LogP contribution in [0.1, 0.15) is 132 Å². The fourth-order valence-electron chi connectivity index (χ4n) is 11.7. The molecule has 8 aromatic rings. The number of amides is 6. The highest BCUT2D eigenvalue weighted by Crippen LogP contribution is 2.43. The number of hydrogen-bond donors (Lipinski definition) is 10. The molecule has 36 heteroatoms.